The molecular formula is C66H65N13O7. The number of methoxy groups -OCH3 is 7. The number of nitrogens with one attached hydrogen (secondary N) is 6. The molecular weight excluding hydrogens is 1090 g/mol. The van der Waals surface area contributed by atoms with Gasteiger partial charge in [-0.1, -0.05) is 24.3 Å². The second-order valence-electron chi connectivity index (χ2n) is 19.4. The standard InChI is InChI=1S/C23H24N4O3.C23H20N4O3.C20H21N5O/c1-28-20-12-15(13-21(29-2)22(20)30-3)19-14-17-18(8-11-26-23(17)27-19)25-10-7-16-6-4-5-9-24-16;1-28-20-10-15(11-21(29-2)22(20)30-3)19-12-17-18(7-8-25-23(17)27-19)26-16-6-4-5-14(9-16)13-24;1-26-16-5-2-4-15(12-16)19-13-17-18(6-8-23-20(17)24-19)22-7-3-10-25-11-9-21-14-25/h4-6,8-9,11-14H,7,10H2,1-3H3,(H2,25,26,27);4-12H,1-3H3,(H2,25,26,27);2,4-6,8-9,11-14H,3,7,10H2,1H3,(H2,22,23,24). The van der Waals surface area contributed by atoms with Gasteiger partial charge in [0, 0.05) is 136 Å². The van der Waals surface area contributed by atoms with Crippen molar-refractivity contribution in [2.24, 2.45) is 0 Å². The number of aromatic amines is 3. The Morgan fingerprint density at radius 1 is 0.488 bits per heavy atom. The van der Waals surface area contributed by atoms with E-state index in [4.69, 9.17) is 38.4 Å². The summed E-state index contributed by atoms with van der Waals surface area (Å²) in [6.07, 6.45) is 14.7. The number of hydrogen-bond donors (Lipinski definition) is 6. The van der Waals surface area contributed by atoms with Crippen molar-refractivity contribution in [1.29, 1.82) is 5.26 Å². The molecule has 0 bridgehead atoms. The van der Waals surface area contributed by atoms with Gasteiger partial charge in [0.15, 0.2) is 23.0 Å². The van der Waals surface area contributed by atoms with E-state index in [1.165, 1.54) is 0 Å². The van der Waals surface area contributed by atoms with Gasteiger partial charge in [-0.3, -0.25) is 4.98 Å². The maximum Gasteiger partial charge on any atom is 0.203 e. The predicted molar refractivity (Wildman–Crippen MR) is 337 cm³/mol. The van der Waals surface area contributed by atoms with Gasteiger partial charge in [0.2, 0.25) is 11.5 Å². The Morgan fingerprint density at radius 3 is 1.55 bits per heavy atom. The zero-order chi connectivity index (χ0) is 59.8. The predicted octanol–water partition coefficient (Wildman–Crippen LogP) is 13.1. The second kappa shape index (κ2) is 27.7. The van der Waals surface area contributed by atoms with Crippen molar-refractivity contribution in [1.82, 2.24) is 44.4 Å². The highest BCUT2D eigenvalue weighted by Crippen LogP contribution is 2.43. The van der Waals surface area contributed by atoms with Crippen molar-refractivity contribution >= 4 is 55.8 Å². The minimum Gasteiger partial charge on any atom is -0.497 e. The molecule has 86 heavy (non-hydrogen) atoms. The third-order valence-corrected chi connectivity index (χ3v) is 14.1. The van der Waals surface area contributed by atoms with Crippen LogP contribution in [0.15, 0.2) is 171 Å². The molecule has 0 aliphatic rings. The number of ether oxygens (including phenoxy) is 7. The van der Waals surface area contributed by atoms with Crippen LogP contribution in [0.1, 0.15) is 17.7 Å². The Morgan fingerprint density at radius 2 is 1.03 bits per heavy atom. The van der Waals surface area contributed by atoms with Crippen LogP contribution in [-0.2, 0) is 13.0 Å². The quantitative estimate of drug-likeness (QED) is 0.0367. The van der Waals surface area contributed by atoms with E-state index >= 15 is 0 Å². The third-order valence-electron chi connectivity index (χ3n) is 14.1. The number of hydrogen-bond acceptors (Lipinski definition) is 16. The zero-order valence-corrected chi connectivity index (χ0v) is 48.7. The van der Waals surface area contributed by atoms with Gasteiger partial charge >= 0.3 is 0 Å². The summed E-state index contributed by atoms with van der Waals surface area (Å²) in [4.78, 5) is 31.9. The molecule has 0 amide bonds. The molecule has 0 spiro atoms. The number of fused-ring (bicyclic) bond motifs is 3. The molecule has 12 rings (SSSR count). The molecule has 0 saturated heterocycles. The van der Waals surface area contributed by atoms with E-state index in [0.717, 1.165) is 134 Å². The molecule has 0 aliphatic carbocycles. The Balaban J connectivity index is 0.000000144. The molecule has 8 aromatic heterocycles. The van der Waals surface area contributed by atoms with E-state index in [2.05, 4.69) is 84.7 Å². The Bertz CT molecular complexity index is 4200. The topological polar surface area (TPSA) is 241 Å². The molecule has 0 saturated carbocycles. The summed E-state index contributed by atoms with van der Waals surface area (Å²) in [5, 5.41) is 22.5. The molecule has 0 aliphatic heterocycles. The van der Waals surface area contributed by atoms with Crippen LogP contribution >= 0.6 is 0 Å². The third kappa shape index (κ3) is 13.5. The van der Waals surface area contributed by atoms with Gasteiger partial charge in [0.25, 0.3) is 0 Å². The van der Waals surface area contributed by atoms with Gasteiger partial charge in [-0.15, -0.1) is 0 Å². The molecule has 6 N–H and O–H groups in total. The first-order chi connectivity index (χ1) is 42.2. The lowest BCUT2D eigenvalue weighted by molar-refractivity contribution is 0.324. The van der Waals surface area contributed by atoms with Crippen LogP contribution in [0.3, 0.4) is 0 Å². The molecule has 20 heteroatoms. The number of anilines is 4. The van der Waals surface area contributed by atoms with E-state index in [1.54, 1.807) is 80.5 Å². The smallest absolute Gasteiger partial charge is 0.203 e. The molecule has 12 aromatic rings. The van der Waals surface area contributed by atoms with Crippen LogP contribution in [0.5, 0.6) is 40.2 Å². The van der Waals surface area contributed by atoms with Crippen molar-refractivity contribution in [2.45, 2.75) is 19.4 Å². The number of aromatic nitrogens is 9. The summed E-state index contributed by atoms with van der Waals surface area (Å²) in [5.41, 5.74) is 13.6. The van der Waals surface area contributed by atoms with E-state index in [1.807, 2.05) is 122 Å². The van der Waals surface area contributed by atoms with Crippen LogP contribution in [0.25, 0.3) is 66.9 Å². The zero-order valence-electron chi connectivity index (χ0n) is 48.7. The summed E-state index contributed by atoms with van der Waals surface area (Å²) >= 11 is 0. The monoisotopic (exact) mass is 1150 g/mol. The molecule has 8 heterocycles. The lowest BCUT2D eigenvalue weighted by atomic mass is 10.1. The first-order valence-electron chi connectivity index (χ1n) is 27.5. The number of pyridine rings is 4. The lowest BCUT2D eigenvalue weighted by Crippen LogP contribution is -2.06. The van der Waals surface area contributed by atoms with Crippen molar-refractivity contribution in [3.05, 3.63) is 182 Å². The first-order valence-corrected chi connectivity index (χ1v) is 27.5. The Labute approximate surface area is 497 Å². The molecule has 0 atom stereocenters. The van der Waals surface area contributed by atoms with Gasteiger partial charge in [-0.2, -0.15) is 5.26 Å². The number of aryl methyl sites for hydroxylation is 1. The molecule has 0 radical (unpaired) electrons. The van der Waals surface area contributed by atoms with Gasteiger partial charge < -0.3 is 68.6 Å². The van der Waals surface area contributed by atoms with E-state index in [-0.39, 0.29) is 0 Å². The lowest BCUT2D eigenvalue weighted by Gasteiger charge is -2.13. The average Bonchev–Trinajstić information content (AvgIpc) is 3.87. The molecule has 0 unspecified atom stereocenters. The first kappa shape index (κ1) is 58.0. The maximum atomic E-state index is 9.13. The molecule has 20 nitrogen and oxygen atoms in total. The fourth-order valence-electron chi connectivity index (χ4n) is 9.83. The fraction of sp³-hybridized carbons (Fsp3) is 0.182. The van der Waals surface area contributed by atoms with Crippen LogP contribution in [0.2, 0.25) is 0 Å². The average molecular weight is 1150 g/mol. The number of rotatable bonds is 21. The SMILES string of the molecule is COc1cc(-c2cc3c(NCCc4ccccn4)ccnc3[nH]2)cc(OC)c1OC.COc1cc(-c2cc3c(Nc4cccc(C#N)c4)ccnc3[nH]2)cc(OC)c1OC.COc1cccc(-c2cc3c(NCCCn4ccnc4)ccnc3[nH]2)c1. The Kier molecular flexibility index (Phi) is 18.7. The van der Waals surface area contributed by atoms with E-state index in [9.17, 15) is 0 Å². The largest absolute Gasteiger partial charge is 0.497 e. The Hall–Kier alpha value is -11.2. The van der Waals surface area contributed by atoms with Crippen LogP contribution in [0, 0.1) is 11.3 Å². The number of imidazole rings is 1. The van der Waals surface area contributed by atoms with Gasteiger partial charge in [0.1, 0.15) is 22.7 Å². The summed E-state index contributed by atoms with van der Waals surface area (Å²) in [6, 6.07) is 43.2. The second-order valence-corrected chi connectivity index (χ2v) is 19.4. The van der Waals surface area contributed by atoms with E-state index < -0.39 is 0 Å². The van der Waals surface area contributed by atoms with Crippen LogP contribution in [0.4, 0.5) is 22.7 Å². The van der Waals surface area contributed by atoms with Crippen molar-refractivity contribution in [3.63, 3.8) is 0 Å². The fourth-order valence-corrected chi connectivity index (χ4v) is 9.83. The normalized spacial score (nSPS) is 10.7. The highest BCUT2D eigenvalue weighted by atomic mass is 16.5. The number of nitriles is 1. The highest BCUT2D eigenvalue weighted by molar-refractivity contribution is 5.96. The molecule has 0 fully saturated rings. The van der Waals surface area contributed by atoms with Gasteiger partial charge in [0.05, 0.1) is 73.4 Å². The van der Waals surface area contributed by atoms with Gasteiger partial charge in [-0.05, 0) is 110 Å². The van der Waals surface area contributed by atoms with Crippen LogP contribution in [-0.4, -0.2) is 107 Å². The molecule has 4 aromatic carbocycles. The summed E-state index contributed by atoms with van der Waals surface area (Å²) in [7, 11) is 11.2. The van der Waals surface area contributed by atoms with Crippen molar-refractivity contribution < 1.29 is 33.2 Å². The minimum absolute atomic E-state index is 0.540. The summed E-state index contributed by atoms with van der Waals surface area (Å²) < 4.78 is 40.1. The number of benzene rings is 4. The molecule has 436 valence electrons. The van der Waals surface area contributed by atoms with E-state index in [0.29, 0.717) is 40.1 Å². The number of H-pyrrole nitrogens is 3. The number of nitrogens with zero attached hydrogens (tertiary/aromatic N) is 7. The highest BCUT2D eigenvalue weighted by Gasteiger charge is 2.19. The van der Waals surface area contributed by atoms with Crippen molar-refractivity contribution in [3.8, 4) is 80.1 Å². The van der Waals surface area contributed by atoms with Crippen LogP contribution < -0.4 is 49.1 Å². The summed E-state index contributed by atoms with van der Waals surface area (Å²) in [5.74, 6) is 4.30. The maximum absolute atomic E-state index is 9.13. The van der Waals surface area contributed by atoms with Gasteiger partial charge in [-0.25, -0.2) is 19.9 Å². The summed E-state index contributed by atoms with van der Waals surface area (Å²) in [6.45, 7) is 2.61. The minimum atomic E-state index is 0.540. The van der Waals surface area contributed by atoms with Crippen molar-refractivity contribution in [2.75, 3.05) is 78.8 Å².